The fraction of sp³-hybridized carbons (Fsp3) is 0.706. The Hall–Kier alpha value is -1.89. The Labute approximate surface area is 142 Å². The standard InChI is InChI=1S/C17H26N4O3/c1-17(2,13-22)12-20-7-5-14(18-20)15-4-3-6-21(15)16(23)19-8-10-24-11-9-19/h5,7,13,15H,3-4,6,8-12H2,1-2H3. The number of hydrogen-bond donors (Lipinski definition) is 0. The first kappa shape index (κ1) is 17.0. The quantitative estimate of drug-likeness (QED) is 0.786. The molecule has 0 bridgehead atoms. The second kappa shape index (κ2) is 6.93. The molecule has 2 saturated heterocycles. The number of carbonyl (C=O) groups is 2. The van der Waals surface area contributed by atoms with Crippen molar-refractivity contribution in [1.82, 2.24) is 19.6 Å². The van der Waals surface area contributed by atoms with E-state index >= 15 is 0 Å². The second-order valence-electron chi connectivity index (χ2n) is 7.28. The molecule has 2 aliphatic heterocycles. The number of nitrogens with zero attached hydrogens (tertiary/aromatic N) is 4. The zero-order chi connectivity index (χ0) is 17.2. The summed E-state index contributed by atoms with van der Waals surface area (Å²) in [6.45, 7) is 7.64. The molecule has 0 saturated carbocycles. The zero-order valence-corrected chi connectivity index (χ0v) is 14.5. The van der Waals surface area contributed by atoms with Gasteiger partial charge in [0.15, 0.2) is 0 Å². The molecule has 2 amide bonds. The number of carbonyl (C=O) groups excluding carboxylic acids is 2. The maximum absolute atomic E-state index is 12.8. The van der Waals surface area contributed by atoms with Crippen molar-refractivity contribution in [3.63, 3.8) is 0 Å². The van der Waals surface area contributed by atoms with E-state index in [9.17, 15) is 9.59 Å². The number of ether oxygens (including phenoxy) is 1. The maximum Gasteiger partial charge on any atom is 0.320 e. The summed E-state index contributed by atoms with van der Waals surface area (Å²) in [5.41, 5.74) is 0.471. The van der Waals surface area contributed by atoms with Gasteiger partial charge in [-0.05, 0) is 18.9 Å². The summed E-state index contributed by atoms with van der Waals surface area (Å²) in [4.78, 5) is 27.7. The Morgan fingerprint density at radius 3 is 2.83 bits per heavy atom. The van der Waals surface area contributed by atoms with Gasteiger partial charge in [0.2, 0.25) is 0 Å². The van der Waals surface area contributed by atoms with Crippen LogP contribution in [-0.4, -0.2) is 64.7 Å². The highest BCUT2D eigenvalue weighted by molar-refractivity contribution is 5.75. The summed E-state index contributed by atoms with van der Waals surface area (Å²) in [7, 11) is 0. The maximum atomic E-state index is 12.8. The van der Waals surface area contributed by atoms with Crippen LogP contribution in [-0.2, 0) is 16.1 Å². The average molecular weight is 334 g/mol. The van der Waals surface area contributed by atoms with Gasteiger partial charge in [-0.15, -0.1) is 0 Å². The van der Waals surface area contributed by atoms with E-state index in [0.717, 1.165) is 31.4 Å². The van der Waals surface area contributed by atoms with Crippen LogP contribution in [0, 0.1) is 5.41 Å². The Morgan fingerprint density at radius 1 is 1.38 bits per heavy atom. The number of hydrogen-bond acceptors (Lipinski definition) is 4. The molecule has 24 heavy (non-hydrogen) atoms. The van der Waals surface area contributed by atoms with Crippen LogP contribution in [0.25, 0.3) is 0 Å². The first-order valence-electron chi connectivity index (χ1n) is 8.63. The van der Waals surface area contributed by atoms with Crippen molar-refractivity contribution in [1.29, 1.82) is 0 Å². The minimum Gasteiger partial charge on any atom is -0.378 e. The summed E-state index contributed by atoms with van der Waals surface area (Å²) in [5.74, 6) is 0. The molecule has 3 heterocycles. The number of morpholine rings is 1. The average Bonchev–Trinajstić information content (AvgIpc) is 3.23. The minimum absolute atomic E-state index is 0.0286. The van der Waals surface area contributed by atoms with Gasteiger partial charge in [-0.3, -0.25) is 4.68 Å². The van der Waals surface area contributed by atoms with Gasteiger partial charge in [0.1, 0.15) is 6.29 Å². The van der Waals surface area contributed by atoms with E-state index in [4.69, 9.17) is 4.74 Å². The lowest BCUT2D eigenvalue weighted by atomic mass is 9.96. The molecule has 0 aliphatic carbocycles. The van der Waals surface area contributed by atoms with E-state index in [1.165, 1.54) is 0 Å². The van der Waals surface area contributed by atoms with Gasteiger partial charge in [-0.25, -0.2) is 4.79 Å². The number of likely N-dealkylation sites (tertiary alicyclic amines) is 1. The van der Waals surface area contributed by atoms with Gasteiger partial charge in [0.05, 0.1) is 31.5 Å². The van der Waals surface area contributed by atoms with E-state index in [2.05, 4.69) is 5.10 Å². The molecule has 1 aromatic heterocycles. The topological polar surface area (TPSA) is 67.7 Å². The summed E-state index contributed by atoms with van der Waals surface area (Å²) < 4.78 is 7.13. The van der Waals surface area contributed by atoms with E-state index in [1.807, 2.05) is 35.9 Å². The number of aldehydes is 1. The van der Waals surface area contributed by atoms with Crippen molar-refractivity contribution in [2.75, 3.05) is 32.8 Å². The molecule has 1 unspecified atom stereocenters. The molecule has 1 atom stereocenters. The lowest BCUT2D eigenvalue weighted by molar-refractivity contribution is -0.115. The molecule has 0 spiro atoms. The Morgan fingerprint density at radius 2 is 2.12 bits per heavy atom. The normalized spacial score (nSPS) is 22.0. The van der Waals surface area contributed by atoms with E-state index in [0.29, 0.717) is 32.8 Å². The van der Waals surface area contributed by atoms with Crippen LogP contribution < -0.4 is 0 Å². The van der Waals surface area contributed by atoms with Crippen LogP contribution in [0.2, 0.25) is 0 Å². The molecule has 0 N–H and O–H groups in total. The highest BCUT2D eigenvalue weighted by atomic mass is 16.5. The third-order valence-electron chi connectivity index (χ3n) is 4.67. The highest BCUT2D eigenvalue weighted by Crippen LogP contribution is 2.32. The van der Waals surface area contributed by atoms with Crippen molar-refractivity contribution < 1.29 is 14.3 Å². The van der Waals surface area contributed by atoms with Gasteiger partial charge < -0.3 is 19.3 Å². The van der Waals surface area contributed by atoms with E-state index in [1.54, 1.807) is 4.68 Å². The molecule has 7 heteroatoms. The molecule has 2 aliphatic rings. The fourth-order valence-electron chi connectivity index (χ4n) is 3.34. The van der Waals surface area contributed by atoms with Crippen LogP contribution >= 0.6 is 0 Å². The van der Waals surface area contributed by atoms with Crippen LogP contribution in [0.3, 0.4) is 0 Å². The number of aromatic nitrogens is 2. The molecule has 132 valence electrons. The third-order valence-corrected chi connectivity index (χ3v) is 4.67. The molecule has 0 aromatic carbocycles. The van der Waals surface area contributed by atoms with Gasteiger partial charge in [-0.1, -0.05) is 13.8 Å². The van der Waals surface area contributed by atoms with E-state index < -0.39 is 5.41 Å². The SMILES string of the molecule is CC(C)(C=O)Cn1ccc(C2CCCN2C(=O)N2CCOCC2)n1. The smallest absolute Gasteiger partial charge is 0.320 e. The lowest BCUT2D eigenvalue weighted by Crippen LogP contribution is -2.47. The summed E-state index contributed by atoms with van der Waals surface area (Å²) in [6, 6.07) is 2.08. The monoisotopic (exact) mass is 334 g/mol. The molecule has 7 nitrogen and oxygen atoms in total. The number of amides is 2. The Kier molecular flexibility index (Phi) is 4.89. The van der Waals surface area contributed by atoms with Crippen molar-refractivity contribution >= 4 is 12.3 Å². The highest BCUT2D eigenvalue weighted by Gasteiger charge is 2.34. The minimum atomic E-state index is -0.442. The van der Waals surface area contributed by atoms with Crippen LogP contribution in [0.4, 0.5) is 4.79 Å². The third kappa shape index (κ3) is 3.61. The molecule has 0 radical (unpaired) electrons. The molecule has 3 rings (SSSR count). The number of rotatable bonds is 4. The van der Waals surface area contributed by atoms with Crippen LogP contribution in [0.5, 0.6) is 0 Å². The van der Waals surface area contributed by atoms with Gasteiger partial charge in [0, 0.05) is 31.2 Å². The molecule has 2 fully saturated rings. The van der Waals surface area contributed by atoms with Crippen LogP contribution in [0.1, 0.15) is 38.4 Å². The van der Waals surface area contributed by atoms with Crippen molar-refractivity contribution in [3.8, 4) is 0 Å². The number of urea groups is 1. The van der Waals surface area contributed by atoms with Crippen molar-refractivity contribution in [2.24, 2.45) is 5.41 Å². The Bertz CT molecular complexity index is 592. The lowest BCUT2D eigenvalue weighted by Gasteiger charge is -2.33. The predicted octanol–water partition coefficient (Wildman–Crippen LogP) is 1.70. The summed E-state index contributed by atoms with van der Waals surface area (Å²) in [5, 5.41) is 4.62. The molecular formula is C17H26N4O3. The largest absolute Gasteiger partial charge is 0.378 e. The van der Waals surface area contributed by atoms with E-state index in [-0.39, 0.29) is 12.1 Å². The molecule has 1 aromatic rings. The fourth-order valence-corrected chi connectivity index (χ4v) is 3.34. The zero-order valence-electron chi connectivity index (χ0n) is 14.5. The van der Waals surface area contributed by atoms with Gasteiger partial charge in [0.25, 0.3) is 0 Å². The first-order valence-corrected chi connectivity index (χ1v) is 8.63. The van der Waals surface area contributed by atoms with Gasteiger partial charge >= 0.3 is 6.03 Å². The summed E-state index contributed by atoms with van der Waals surface area (Å²) in [6.07, 6.45) is 4.78. The second-order valence-corrected chi connectivity index (χ2v) is 7.28. The van der Waals surface area contributed by atoms with Gasteiger partial charge in [-0.2, -0.15) is 5.10 Å². The van der Waals surface area contributed by atoms with Crippen LogP contribution in [0.15, 0.2) is 12.3 Å². The van der Waals surface area contributed by atoms with Crippen molar-refractivity contribution in [3.05, 3.63) is 18.0 Å². The van der Waals surface area contributed by atoms with Crippen molar-refractivity contribution in [2.45, 2.75) is 39.3 Å². The summed E-state index contributed by atoms with van der Waals surface area (Å²) >= 11 is 0. The Balaban J connectivity index is 1.70. The molecular weight excluding hydrogens is 308 g/mol. The first-order chi connectivity index (χ1) is 11.5. The predicted molar refractivity (Wildman–Crippen MR) is 88.5 cm³/mol.